The molecule has 0 aliphatic carbocycles. The minimum absolute atomic E-state index is 0.0712. The maximum absolute atomic E-state index is 10.5. The number of rotatable bonds is 13. The molecule has 0 fully saturated rings. The highest BCUT2D eigenvalue weighted by molar-refractivity contribution is 5.84. The van der Waals surface area contributed by atoms with E-state index in [0.29, 0.717) is 5.75 Å². The zero-order chi connectivity index (χ0) is 31.6. The molecule has 1 aliphatic rings. The summed E-state index contributed by atoms with van der Waals surface area (Å²) in [4.78, 5) is 34.9. The number of benzene rings is 1. The van der Waals surface area contributed by atoms with Gasteiger partial charge in [0.25, 0.3) is 5.56 Å². The number of phenolic OH excluding ortho intramolecular Hbond substituents is 1. The molecule has 0 saturated heterocycles. The number of carboxylic acids is 1. The Morgan fingerprint density at radius 1 is 0.905 bits per heavy atom. The Morgan fingerprint density at radius 2 is 1.48 bits per heavy atom. The molecule has 3 rings (SSSR count). The van der Waals surface area contributed by atoms with Crippen molar-refractivity contribution in [3.8, 4) is 11.5 Å². The number of hydrogen-bond acceptors (Lipinski definition) is 5. The maximum Gasteiger partial charge on any atom is 0.352 e. The minimum atomic E-state index is -1.34. The molecule has 236 valence electrons. The monoisotopic (exact) mass is 586 g/mol. The summed E-state index contributed by atoms with van der Waals surface area (Å²) in [6.07, 6.45) is 14.1. The van der Waals surface area contributed by atoms with Crippen molar-refractivity contribution in [2.75, 3.05) is 0 Å². The topological polar surface area (TPSA) is 132 Å². The average Bonchev–Trinajstić information content (AvgIpc) is 2.90. The summed E-state index contributed by atoms with van der Waals surface area (Å²) in [6, 6.07) is 0.795. The van der Waals surface area contributed by atoms with Crippen LogP contribution in [0.15, 0.2) is 15.7 Å². The van der Waals surface area contributed by atoms with E-state index >= 15 is 0 Å². The lowest BCUT2D eigenvalue weighted by Gasteiger charge is -2.38. The molecule has 2 heterocycles. The molecule has 42 heavy (non-hydrogen) atoms. The van der Waals surface area contributed by atoms with Gasteiger partial charge >= 0.3 is 11.7 Å². The lowest BCUT2D eigenvalue weighted by Crippen LogP contribution is -2.37. The fraction of sp³-hybridized carbons (Fsp3) is 0.676. The molecular formula is C34H54N2O6. The van der Waals surface area contributed by atoms with Gasteiger partial charge in [-0.1, -0.05) is 72.6 Å². The Labute approximate surface area is 251 Å². The molecule has 1 aromatic heterocycles. The summed E-state index contributed by atoms with van der Waals surface area (Å²) in [7, 11) is 0. The molecule has 1 aromatic carbocycles. The first-order valence-electron chi connectivity index (χ1n) is 15.7. The second-order valence-electron chi connectivity index (χ2n) is 13.2. The van der Waals surface area contributed by atoms with Crippen LogP contribution in [0.1, 0.15) is 132 Å². The Morgan fingerprint density at radius 3 is 2.02 bits per heavy atom. The largest absolute Gasteiger partial charge is 0.507 e. The maximum atomic E-state index is 10.5. The molecule has 2 aromatic rings. The normalized spacial score (nSPS) is 17.5. The van der Waals surface area contributed by atoms with E-state index in [1.54, 1.807) is 0 Å². The summed E-state index contributed by atoms with van der Waals surface area (Å²) in [5.41, 5.74) is 2.26. The van der Waals surface area contributed by atoms with Crippen molar-refractivity contribution in [3.05, 3.63) is 54.9 Å². The SMILES string of the molecule is Cc1c(C)c2c(c(C)c1O)CC[C@@](C)(CCC[C@H](C)CCC[C@H](C)CCCC(C)C)O2.O=C(O)c1cc(=O)[nH]c(=O)[nH]1. The van der Waals surface area contributed by atoms with Crippen molar-refractivity contribution < 1.29 is 19.7 Å². The standard InChI is InChI=1S/C29H50O2.C5H4N2O4/c1-20(2)12-9-13-21(3)14-10-15-22(4)16-11-18-29(8)19-17-26-25(7)27(30)23(5)24(6)28(26)31-29;8-3-1-2(4(9)10)6-5(11)7-3/h20-22,30H,9-19H2,1-8H3;1H,(H,9,10)(H2,6,7,8,11)/t21-,22-,29-;/m1./s1. The molecular weight excluding hydrogens is 532 g/mol. The summed E-state index contributed by atoms with van der Waals surface area (Å²) in [6.45, 7) is 17.9. The van der Waals surface area contributed by atoms with Gasteiger partial charge in [0.1, 0.15) is 22.8 Å². The van der Waals surface area contributed by atoms with Gasteiger partial charge in [-0.15, -0.1) is 0 Å². The number of H-pyrrole nitrogens is 2. The number of aromatic hydroxyl groups is 1. The predicted octanol–water partition coefficient (Wildman–Crippen LogP) is 7.60. The van der Waals surface area contributed by atoms with E-state index in [-0.39, 0.29) is 5.60 Å². The van der Waals surface area contributed by atoms with Crippen LogP contribution < -0.4 is 16.0 Å². The van der Waals surface area contributed by atoms with Crippen LogP contribution >= 0.6 is 0 Å². The first kappa shape index (κ1) is 35.2. The molecule has 0 bridgehead atoms. The van der Waals surface area contributed by atoms with E-state index in [9.17, 15) is 19.5 Å². The minimum Gasteiger partial charge on any atom is -0.507 e. The van der Waals surface area contributed by atoms with E-state index in [1.807, 2.05) is 23.8 Å². The van der Waals surface area contributed by atoms with E-state index in [1.165, 1.54) is 56.9 Å². The quantitative estimate of drug-likeness (QED) is 0.191. The van der Waals surface area contributed by atoms with Crippen LogP contribution in [0, 0.1) is 38.5 Å². The van der Waals surface area contributed by atoms with Crippen LogP contribution in [0.5, 0.6) is 11.5 Å². The average molecular weight is 587 g/mol. The molecule has 8 heteroatoms. The van der Waals surface area contributed by atoms with E-state index < -0.39 is 22.9 Å². The van der Waals surface area contributed by atoms with E-state index in [4.69, 9.17) is 9.84 Å². The smallest absolute Gasteiger partial charge is 0.352 e. The number of aromatic amines is 2. The van der Waals surface area contributed by atoms with Crippen molar-refractivity contribution in [1.29, 1.82) is 0 Å². The number of aromatic nitrogens is 2. The molecule has 0 unspecified atom stereocenters. The number of aromatic carboxylic acids is 1. The lowest BCUT2D eigenvalue weighted by molar-refractivity contribution is 0.0511. The second-order valence-corrected chi connectivity index (χ2v) is 13.2. The third-order valence-corrected chi connectivity index (χ3v) is 8.86. The Bertz CT molecular complexity index is 1270. The molecule has 0 amide bonds. The molecule has 0 spiro atoms. The van der Waals surface area contributed by atoms with Crippen molar-refractivity contribution >= 4 is 5.97 Å². The fourth-order valence-corrected chi connectivity index (χ4v) is 5.86. The third kappa shape index (κ3) is 10.7. The van der Waals surface area contributed by atoms with Crippen LogP contribution in [0.3, 0.4) is 0 Å². The Kier molecular flexibility index (Phi) is 13.4. The number of carbonyl (C=O) groups is 1. The zero-order valence-corrected chi connectivity index (χ0v) is 27.1. The summed E-state index contributed by atoms with van der Waals surface area (Å²) in [5, 5.41) is 18.7. The number of nitrogens with one attached hydrogen (secondary N) is 2. The van der Waals surface area contributed by atoms with Crippen LogP contribution in [0.25, 0.3) is 0 Å². The van der Waals surface area contributed by atoms with Gasteiger partial charge in [0.15, 0.2) is 0 Å². The number of carboxylic acid groups (broad SMARTS) is 1. The van der Waals surface area contributed by atoms with Gasteiger partial charge in [0.05, 0.1) is 0 Å². The molecule has 0 radical (unpaired) electrons. The van der Waals surface area contributed by atoms with Crippen LogP contribution in [-0.2, 0) is 6.42 Å². The Balaban J connectivity index is 0.000000468. The van der Waals surface area contributed by atoms with Gasteiger partial charge in [-0.05, 0) is 87.8 Å². The second kappa shape index (κ2) is 16.0. The molecule has 8 nitrogen and oxygen atoms in total. The first-order valence-corrected chi connectivity index (χ1v) is 15.7. The van der Waals surface area contributed by atoms with E-state index in [2.05, 4.69) is 41.5 Å². The van der Waals surface area contributed by atoms with Gasteiger partial charge in [0, 0.05) is 11.6 Å². The van der Waals surface area contributed by atoms with Crippen molar-refractivity contribution in [2.24, 2.45) is 17.8 Å². The van der Waals surface area contributed by atoms with Crippen LogP contribution in [0.2, 0.25) is 0 Å². The number of phenols is 1. The van der Waals surface area contributed by atoms with Gasteiger partial charge in [-0.2, -0.15) is 0 Å². The number of hydrogen-bond donors (Lipinski definition) is 4. The molecule has 3 atom stereocenters. The summed E-state index contributed by atoms with van der Waals surface area (Å²) in [5.74, 6) is 2.70. The highest BCUT2D eigenvalue weighted by Gasteiger charge is 2.34. The lowest BCUT2D eigenvalue weighted by atomic mass is 9.84. The van der Waals surface area contributed by atoms with Crippen molar-refractivity contribution in [1.82, 2.24) is 9.97 Å². The third-order valence-electron chi connectivity index (χ3n) is 8.86. The predicted molar refractivity (Wildman–Crippen MR) is 169 cm³/mol. The molecule has 0 saturated carbocycles. The Hall–Kier alpha value is -3.03. The van der Waals surface area contributed by atoms with Gasteiger partial charge in [-0.3, -0.25) is 9.78 Å². The zero-order valence-electron chi connectivity index (χ0n) is 27.1. The fourth-order valence-electron chi connectivity index (χ4n) is 5.86. The number of ether oxygens (including phenoxy) is 1. The molecule has 1 aliphatic heterocycles. The highest BCUT2D eigenvalue weighted by Crippen LogP contribution is 2.44. The van der Waals surface area contributed by atoms with Crippen molar-refractivity contribution in [2.45, 2.75) is 132 Å². The van der Waals surface area contributed by atoms with Crippen LogP contribution in [-0.4, -0.2) is 31.8 Å². The van der Waals surface area contributed by atoms with Gasteiger partial charge in [-0.25, -0.2) is 9.59 Å². The summed E-state index contributed by atoms with van der Waals surface area (Å²) >= 11 is 0. The number of fused-ring (bicyclic) bond motifs is 1. The first-order chi connectivity index (χ1) is 19.6. The summed E-state index contributed by atoms with van der Waals surface area (Å²) < 4.78 is 6.60. The van der Waals surface area contributed by atoms with Gasteiger partial charge < -0.3 is 19.9 Å². The van der Waals surface area contributed by atoms with Crippen LogP contribution in [0.4, 0.5) is 0 Å². The highest BCUT2D eigenvalue weighted by atomic mass is 16.5. The van der Waals surface area contributed by atoms with Crippen molar-refractivity contribution in [3.63, 3.8) is 0 Å². The molecule has 4 N–H and O–H groups in total. The van der Waals surface area contributed by atoms with Gasteiger partial charge in [0.2, 0.25) is 0 Å². The van der Waals surface area contributed by atoms with E-state index in [0.717, 1.165) is 65.5 Å².